The van der Waals surface area contributed by atoms with Gasteiger partial charge in [0, 0.05) is 22.1 Å². The molecule has 0 spiro atoms. The van der Waals surface area contributed by atoms with Crippen molar-refractivity contribution in [3.8, 4) is 5.75 Å². The van der Waals surface area contributed by atoms with E-state index in [2.05, 4.69) is 55.6 Å². The summed E-state index contributed by atoms with van der Waals surface area (Å²) in [6, 6.07) is 22.1. The Labute approximate surface area is 189 Å². The van der Waals surface area contributed by atoms with Crippen molar-refractivity contribution in [3.63, 3.8) is 0 Å². The number of rotatable bonds is 8. The molecule has 0 unspecified atom stereocenters. The zero-order chi connectivity index (χ0) is 21.6. The van der Waals surface area contributed by atoms with Gasteiger partial charge >= 0.3 is 0 Å². The molecule has 0 aromatic heterocycles. The number of hydrogen-bond acceptors (Lipinski definition) is 2. The average molecular weight is 440 g/mol. The highest BCUT2D eigenvalue weighted by molar-refractivity contribution is 6.35. The number of ether oxygens (including phenoxy) is 1. The van der Waals surface area contributed by atoms with Crippen molar-refractivity contribution in [1.82, 2.24) is 5.32 Å². The maximum atomic E-state index is 6.32. The zero-order valence-corrected chi connectivity index (χ0v) is 19.1. The summed E-state index contributed by atoms with van der Waals surface area (Å²) < 4.78 is 5.49. The summed E-state index contributed by atoms with van der Waals surface area (Å²) >= 11 is 12.6. The van der Waals surface area contributed by atoms with E-state index in [9.17, 15) is 0 Å². The van der Waals surface area contributed by atoms with Gasteiger partial charge in [-0.3, -0.25) is 0 Å². The van der Waals surface area contributed by atoms with Crippen LogP contribution in [0.15, 0.2) is 66.7 Å². The molecule has 0 atom stereocenters. The van der Waals surface area contributed by atoms with Gasteiger partial charge in [0.25, 0.3) is 0 Å². The molecule has 4 heteroatoms. The first kappa shape index (κ1) is 22.4. The smallest absolute Gasteiger partial charge is 0.119 e. The molecule has 156 valence electrons. The number of halogens is 2. The Morgan fingerprint density at radius 2 is 1.60 bits per heavy atom. The number of hydrogen-bond donors (Lipinski definition) is 1. The average Bonchev–Trinajstić information content (AvgIpc) is 2.75. The van der Waals surface area contributed by atoms with Crippen molar-refractivity contribution < 1.29 is 4.74 Å². The minimum Gasteiger partial charge on any atom is -0.497 e. The van der Waals surface area contributed by atoms with Gasteiger partial charge in [0.2, 0.25) is 0 Å². The van der Waals surface area contributed by atoms with E-state index < -0.39 is 0 Å². The van der Waals surface area contributed by atoms with Crippen LogP contribution in [0.3, 0.4) is 0 Å². The second kappa shape index (κ2) is 10.2. The number of methoxy groups -OCH3 is 1. The van der Waals surface area contributed by atoms with Crippen LogP contribution in [0.4, 0.5) is 0 Å². The lowest BCUT2D eigenvalue weighted by Crippen LogP contribution is -2.38. The van der Waals surface area contributed by atoms with Crippen LogP contribution in [-0.4, -0.2) is 13.7 Å². The van der Waals surface area contributed by atoms with E-state index in [4.69, 9.17) is 27.9 Å². The molecule has 1 N–H and O–H groups in total. The summed E-state index contributed by atoms with van der Waals surface area (Å²) in [6.07, 6.45) is 5.03. The van der Waals surface area contributed by atoms with Crippen LogP contribution >= 0.6 is 23.2 Å². The van der Waals surface area contributed by atoms with Crippen LogP contribution in [0, 0.1) is 0 Å². The molecule has 0 aliphatic carbocycles. The van der Waals surface area contributed by atoms with E-state index in [0.717, 1.165) is 29.8 Å². The summed E-state index contributed by atoms with van der Waals surface area (Å²) in [7, 11) is 1.69. The maximum absolute atomic E-state index is 6.32. The van der Waals surface area contributed by atoms with Crippen molar-refractivity contribution in [2.45, 2.75) is 25.8 Å². The minimum atomic E-state index is -0.279. The molecule has 0 aliphatic rings. The Balaban J connectivity index is 1.81. The predicted octanol–water partition coefficient (Wildman–Crippen LogP) is 7.24. The lowest BCUT2D eigenvalue weighted by Gasteiger charge is -2.29. The summed E-state index contributed by atoms with van der Waals surface area (Å²) in [5.41, 5.74) is 4.17. The molecule has 3 aromatic carbocycles. The van der Waals surface area contributed by atoms with Crippen molar-refractivity contribution in [1.29, 1.82) is 0 Å². The lowest BCUT2D eigenvalue weighted by atomic mass is 9.89. The van der Waals surface area contributed by atoms with Crippen LogP contribution < -0.4 is 10.1 Å². The highest BCUT2D eigenvalue weighted by atomic mass is 35.5. The summed E-state index contributed by atoms with van der Waals surface area (Å²) in [6.45, 7) is 5.10. The molecule has 0 fully saturated rings. The molecule has 0 bridgehead atoms. The largest absolute Gasteiger partial charge is 0.497 e. The fourth-order valence-electron chi connectivity index (χ4n) is 3.47. The summed E-state index contributed by atoms with van der Waals surface area (Å²) in [5, 5.41) is 5.07. The Bertz CT molecular complexity index is 993. The molecule has 2 nitrogen and oxygen atoms in total. The topological polar surface area (TPSA) is 21.3 Å². The van der Waals surface area contributed by atoms with E-state index in [1.54, 1.807) is 7.11 Å². The van der Waals surface area contributed by atoms with Gasteiger partial charge in [0.05, 0.1) is 7.11 Å². The Kier molecular flexibility index (Phi) is 7.60. The van der Waals surface area contributed by atoms with E-state index in [0.29, 0.717) is 10.0 Å². The normalized spacial score (nSPS) is 11.8. The molecule has 30 heavy (non-hydrogen) atoms. The van der Waals surface area contributed by atoms with E-state index in [1.807, 2.05) is 42.5 Å². The Hall–Kier alpha value is -2.26. The third-order valence-corrected chi connectivity index (χ3v) is 5.90. The van der Waals surface area contributed by atoms with E-state index in [1.165, 1.54) is 11.1 Å². The first-order chi connectivity index (χ1) is 14.4. The standard InChI is InChI=1S/C26H27Cl2NO/c1-26(2,29-17-16-22-24(27)10-7-11-25(22)28)23-18-21(30-3)15-14-20(23)13-12-19-8-5-4-6-9-19/h4-15,18,29H,16-17H2,1-3H3/b13-12-. The first-order valence-corrected chi connectivity index (χ1v) is 10.8. The predicted molar refractivity (Wildman–Crippen MR) is 130 cm³/mol. The van der Waals surface area contributed by atoms with Gasteiger partial charge in [-0.05, 0) is 66.8 Å². The van der Waals surface area contributed by atoms with E-state index in [-0.39, 0.29) is 5.54 Å². The molecule has 0 amide bonds. The number of nitrogens with one attached hydrogen (secondary N) is 1. The fourth-order valence-corrected chi connectivity index (χ4v) is 4.05. The van der Waals surface area contributed by atoms with Crippen LogP contribution in [0.25, 0.3) is 12.2 Å². The van der Waals surface area contributed by atoms with Crippen molar-refractivity contribution in [3.05, 3.63) is 99.0 Å². The lowest BCUT2D eigenvalue weighted by molar-refractivity contribution is 0.393. The Morgan fingerprint density at radius 1 is 0.900 bits per heavy atom. The summed E-state index contributed by atoms with van der Waals surface area (Å²) in [5.74, 6) is 0.839. The molecule has 0 radical (unpaired) electrons. The van der Waals surface area contributed by atoms with Gasteiger partial charge in [-0.1, -0.05) is 77.8 Å². The SMILES string of the molecule is COc1ccc(/C=C\c2ccccc2)c(C(C)(C)NCCc2c(Cl)cccc2Cl)c1. The van der Waals surface area contributed by atoms with Gasteiger partial charge in [0.1, 0.15) is 5.75 Å². The van der Waals surface area contributed by atoms with Crippen molar-refractivity contribution in [2.24, 2.45) is 0 Å². The monoisotopic (exact) mass is 439 g/mol. The minimum absolute atomic E-state index is 0.279. The van der Waals surface area contributed by atoms with Gasteiger partial charge in [0.15, 0.2) is 0 Å². The molecule has 0 aliphatic heterocycles. The third kappa shape index (κ3) is 5.66. The van der Waals surface area contributed by atoms with Gasteiger partial charge in [-0.25, -0.2) is 0 Å². The van der Waals surface area contributed by atoms with Crippen LogP contribution in [-0.2, 0) is 12.0 Å². The van der Waals surface area contributed by atoms with Crippen LogP contribution in [0.2, 0.25) is 10.0 Å². The van der Waals surface area contributed by atoms with Gasteiger partial charge in [-0.2, -0.15) is 0 Å². The molecule has 0 saturated heterocycles. The third-order valence-electron chi connectivity index (χ3n) is 5.19. The molecule has 3 aromatic rings. The van der Waals surface area contributed by atoms with Gasteiger partial charge < -0.3 is 10.1 Å². The first-order valence-electron chi connectivity index (χ1n) is 10.0. The quantitative estimate of drug-likeness (QED) is 0.373. The highest BCUT2D eigenvalue weighted by Gasteiger charge is 2.23. The molecule has 0 heterocycles. The van der Waals surface area contributed by atoms with Gasteiger partial charge in [-0.15, -0.1) is 0 Å². The molecular formula is C26H27Cl2NO. The molecule has 3 rings (SSSR count). The second-order valence-electron chi connectivity index (χ2n) is 7.70. The maximum Gasteiger partial charge on any atom is 0.119 e. The molecular weight excluding hydrogens is 413 g/mol. The van der Waals surface area contributed by atoms with E-state index >= 15 is 0 Å². The summed E-state index contributed by atoms with van der Waals surface area (Å²) in [4.78, 5) is 0. The van der Waals surface area contributed by atoms with Crippen LogP contribution in [0.5, 0.6) is 5.75 Å². The second-order valence-corrected chi connectivity index (χ2v) is 8.51. The zero-order valence-electron chi connectivity index (χ0n) is 17.6. The fraction of sp³-hybridized carbons (Fsp3) is 0.231. The Morgan fingerprint density at radius 3 is 2.27 bits per heavy atom. The molecule has 0 saturated carbocycles. The number of benzene rings is 3. The van der Waals surface area contributed by atoms with Crippen molar-refractivity contribution in [2.75, 3.05) is 13.7 Å². The van der Waals surface area contributed by atoms with Crippen LogP contribution in [0.1, 0.15) is 36.1 Å². The highest BCUT2D eigenvalue weighted by Crippen LogP contribution is 2.30. The van der Waals surface area contributed by atoms with Crippen molar-refractivity contribution >= 4 is 35.4 Å².